The maximum absolute atomic E-state index is 12.1. The second-order valence-electron chi connectivity index (χ2n) is 4.48. The Morgan fingerprint density at radius 2 is 2.00 bits per heavy atom. The van der Waals surface area contributed by atoms with Crippen LogP contribution in [-0.4, -0.2) is 38.0 Å². The number of alkyl halides is 3. The highest BCUT2D eigenvalue weighted by molar-refractivity contribution is 5.49. The number of nitrogens with one attached hydrogen (secondary N) is 1. The van der Waals surface area contributed by atoms with Gasteiger partial charge in [-0.15, -0.1) is 0 Å². The molecule has 0 aromatic heterocycles. The lowest BCUT2D eigenvalue weighted by atomic mass is 10.1. The third-order valence-corrected chi connectivity index (χ3v) is 2.55. The highest BCUT2D eigenvalue weighted by atomic mass is 19.4. The van der Waals surface area contributed by atoms with E-state index in [4.69, 9.17) is 4.74 Å². The summed E-state index contributed by atoms with van der Waals surface area (Å²) in [5.41, 5.74) is 0.504. The molecule has 0 bridgehead atoms. The van der Waals surface area contributed by atoms with Crippen LogP contribution in [0.15, 0.2) is 35.4 Å². The van der Waals surface area contributed by atoms with Crippen molar-refractivity contribution in [2.24, 2.45) is 0 Å². The zero-order chi connectivity index (χ0) is 17.7. The fourth-order valence-corrected chi connectivity index (χ4v) is 1.56. The Kier molecular flexibility index (Phi) is 10.6. The number of amides is 1. The molecule has 0 heterocycles. The van der Waals surface area contributed by atoms with Gasteiger partial charge in [0.05, 0.1) is 0 Å². The van der Waals surface area contributed by atoms with E-state index >= 15 is 0 Å². The summed E-state index contributed by atoms with van der Waals surface area (Å²) in [6.07, 6.45) is 1.53. The summed E-state index contributed by atoms with van der Waals surface area (Å²) in [6.45, 7) is 0.790. The van der Waals surface area contributed by atoms with Crippen molar-refractivity contribution in [3.05, 3.63) is 35.4 Å². The van der Waals surface area contributed by atoms with Gasteiger partial charge in [-0.25, -0.2) is 0 Å². The lowest BCUT2D eigenvalue weighted by Gasteiger charge is -2.11. The first kappa shape index (κ1) is 21.0. The van der Waals surface area contributed by atoms with Gasteiger partial charge in [-0.3, -0.25) is 10.1 Å². The summed E-state index contributed by atoms with van der Waals surface area (Å²) in [7, 11) is 1.54. The average molecular weight is 337 g/mol. The number of hydrogen-bond acceptors (Lipinski definition) is 4. The van der Waals surface area contributed by atoms with Gasteiger partial charge < -0.3 is 14.6 Å². The van der Waals surface area contributed by atoms with E-state index in [9.17, 15) is 23.1 Å². The van der Waals surface area contributed by atoms with Gasteiger partial charge in [0.15, 0.2) is 12.5 Å². The normalized spacial score (nSPS) is 13.9. The standard InChI is InChI=1S/C15H22F3NO4/c1-3-5-13(21)12(6-4-9-22-2)7-8-14(19-11-20)23-10-15(16,17)18/h5,7-8,11,21H,3-4,6,9-10H2,1-2H3,(H,19,20)/b12-7+,13-5+,14-8+. The quantitative estimate of drug-likeness (QED) is 0.263. The van der Waals surface area contributed by atoms with Crippen molar-refractivity contribution in [3.8, 4) is 0 Å². The second kappa shape index (κ2) is 11.6. The fraction of sp³-hybridized carbons (Fsp3) is 0.533. The van der Waals surface area contributed by atoms with Crippen molar-refractivity contribution in [3.63, 3.8) is 0 Å². The number of hydrogen-bond donors (Lipinski definition) is 2. The summed E-state index contributed by atoms with van der Waals surface area (Å²) in [5, 5.41) is 12.0. The zero-order valence-electron chi connectivity index (χ0n) is 13.2. The van der Waals surface area contributed by atoms with E-state index in [1.165, 1.54) is 12.2 Å². The minimum absolute atomic E-state index is 0.0288. The van der Waals surface area contributed by atoms with Gasteiger partial charge in [-0.1, -0.05) is 13.0 Å². The zero-order valence-corrected chi connectivity index (χ0v) is 13.2. The van der Waals surface area contributed by atoms with Crippen LogP contribution in [0, 0.1) is 0 Å². The Morgan fingerprint density at radius 1 is 1.30 bits per heavy atom. The van der Waals surface area contributed by atoms with Crippen LogP contribution >= 0.6 is 0 Å². The van der Waals surface area contributed by atoms with Crippen molar-refractivity contribution in [2.45, 2.75) is 32.4 Å². The lowest BCUT2D eigenvalue weighted by molar-refractivity contribution is -0.166. The lowest BCUT2D eigenvalue weighted by Crippen LogP contribution is -2.21. The van der Waals surface area contributed by atoms with Crippen LogP contribution < -0.4 is 5.32 Å². The van der Waals surface area contributed by atoms with Crippen molar-refractivity contribution in [1.29, 1.82) is 0 Å². The summed E-state index contributed by atoms with van der Waals surface area (Å²) >= 11 is 0. The Balaban J connectivity index is 5.11. The van der Waals surface area contributed by atoms with Crippen LogP contribution in [0.2, 0.25) is 0 Å². The van der Waals surface area contributed by atoms with Crippen LogP contribution in [0.1, 0.15) is 26.2 Å². The first-order chi connectivity index (χ1) is 10.8. The first-order valence-electron chi connectivity index (χ1n) is 7.03. The summed E-state index contributed by atoms with van der Waals surface area (Å²) in [4.78, 5) is 10.4. The van der Waals surface area contributed by atoms with Crippen LogP contribution in [0.4, 0.5) is 13.2 Å². The van der Waals surface area contributed by atoms with Gasteiger partial charge in [0.1, 0.15) is 5.76 Å². The number of aliphatic hydroxyl groups is 1. The van der Waals surface area contributed by atoms with Crippen molar-refractivity contribution in [1.82, 2.24) is 5.32 Å². The Bertz CT molecular complexity index is 442. The summed E-state index contributed by atoms with van der Waals surface area (Å²) in [6, 6.07) is 0. The fourth-order valence-electron chi connectivity index (χ4n) is 1.56. The summed E-state index contributed by atoms with van der Waals surface area (Å²) in [5.74, 6) is -0.327. The number of methoxy groups -OCH3 is 1. The molecule has 0 saturated carbocycles. The molecule has 2 N–H and O–H groups in total. The summed E-state index contributed by atoms with van der Waals surface area (Å²) < 4.78 is 45.8. The van der Waals surface area contributed by atoms with Gasteiger partial charge in [0, 0.05) is 13.7 Å². The Labute approximate surface area is 133 Å². The first-order valence-corrected chi connectivity index (χ1v) is 7.03. The average Bonchev–Trinajstić information content (AvgIpc) is 2.47. The number of ether oxygens (including phenoxy) is 2. The van der Waals surface area contributed by atoms with Gasteiger partial charge >= 0.3 is 6.18 Å². The molecular weight excluding hydrogens is 315 g/mol. The van der Waals surface area contributed by atoms with E-state index in [-0.39, 0.29) is 18.1 Å². The maximum Gasteiger partial charge on any atom is 0.422 e. The van der Waals surface area contributed by atoms with Crippen LogP contribution in [0.25, 0.3) is 0 Å². The molecule has 132 valence electrons. The highest BCUT2D eigenvalue weighted by Gasteiger charge is 2.28. The number of rotatable bonds is 11. The van der Waals surface area contributed by atoms with E-state index in [1.807, 2.05) is 12.2 Å². The molecule has 1 amide bonds. The largest absolute Gasteiger partial charge is 0.508 e. The van der Waals surface area contributed by atoms with Gasteiger partial charge in [-0.05, 0) is 37.0 Å². The molecule has 0 unspecified atom stereocenters. The number of allylic oxidation sites excluding steroid dienone is 4. The van der Waals surface area contributed by atoms with Crippen LogP contribution in [0.5, 0.6) is 0 Å². The van der Waals surface area contributed by atoms with E-state index in [0.29, 0.717) is 31.4 Å². The molecule has 0 fully saturated rings. The number of carbonyl (C=O) groups is 1. The monoisotopic (exact) mass is 337 g/mol. The van der Waals surface area contributed by atoms with Gasteiger partial charge in [0.25, 0.3) is 0 Å². The van der Waals surface area contributed by atoms with E-state index in [0.717, 1.165) is 0 Å². The smallest absolute Gasteiger partial charge is 0.422 e. The maximum atomic E-state index is 12.1. The molecule has 0 spiro atoms. The predicted molar refractivity (Wildman–Crippen MR) is 79.5 cm³/mol. The van der Waals surface area contributed by atoms with E-state index in [1.54, 1.807) is 13.2 Å². The van der Waals surface area contributed by atoms with E-state index < -0.39 is 12.8 Å². The minimum Gasteiger partial charge on any atom is -0.508 e. The highest BCUT2D eigenvalue weighted by Crippen LogP contribution is 2.17. The molecule has 0 saturated heterocycles. The molecule has 0 aromatic carbocycles. The molecule has 23 heavy (non-hydrogen) atoms. The molecule has 0 aliphatic heterocycles. The Morgan fingerprint density at radius 3 is 2.52 bits per heavy atom. The number of carbonyl (C=O) groups excluding carboxylic acids is 1. The second-order valence-corrected chi connectivity index (χ2v) is 4.48. The molecule has 8 heteroatoms. The Hall–Kier alpha value is -1.96. The number of halogens is 3. The molecule has 0 radical (unpaired) electrons. The van der Waals surface area contributed by atoms with Crippen molar-refractivity contribution in [2.75, 3.05) is 20.3 Å². The molecule has 0 aliphatic carbocycles. The predicted octanol–water partition coefficient (Wildman–Crippen LogP) is 3.36. The molecule has 0 aromatic rings. The topological polar surface area (TPSA) is 67.8 Å². The van der Waals surface area contributed by atoms with E-state index in [2.05, 4.69) is 4.74 Å². The van der Waals surface area contributed by atoms with Gasteiger partial charge in [-0.2, -0.15) is 13.2 Å². The third kappa shape index (κ3) is 11.3. The number of aliphatic hydroxyl groups excluding tert-OH is 1. The van der Waals surface area contributed by atoms with Crippen molar-refractivity contribution >= 4 is 6.41 Å². The molecular formula is C15H22F3NO4. The van der Waals surface area contributed by atoms with Crippen LogP contribution in [0.3, 0.4) is 0 Å². The third-order valence-electron chi connectivity index (χ3n) is 2.55. The van der Waals surface area contributed by atoms with Gasteiger partial charge in [0.2, 0.25) is 6.41 Å². The molecule has 5 nitrogen and oxygen atoms in total. The van der Waals surface area contributed by atoms with Crippen molar-refractivity contribution < 1.29 is 32.5 Å². The van der Waals surface area contributed by atoms with Crippen LogP contribution in [-0.2, 0) is 14.3 Å². The minimum atomic E-state index is -4.51. The SMILES string of the molecule is CC\C=C(O)/C(=C/C=C(\NC=O)OCC(F)(F)F)CCCOC. The molecule has 0 rings (SSSR count). The molecule has 0 aliphatic rings. The molecule has 0 atom stereocenters.